The molecule has 0 atom stereocenters. The molecule has 0 aliphatic rings. The number of benzene rings is 1. The molecule has 0 fully saturated rings. The Morgan fingerprint density at radius 2 is 1.85 bits per heavy atom. The van der Waals surface area contributed by atoms with Crippen LogP contribution in [0.15, 0.2) is 30.5 Å². The molecule has 0 unspecified atom stereocenters. The number of hydrogen-bond acceptors (Lipinski definition) is 3. The first kappa shape index (κ1) is 13.3. The first-order chi connectivity index (χ1) is 9.63. The highest BCUT2D eigenvalue weighted by molar-refractivity contribution is 7.17. The molecule has 4 heteroatoms. The van der Waals surface area contributed by atoms with Gasteiger partial charge in [0, 0.05) is 24.2 Å². The van der Waals surface area contributed by atoms with Gasteiger partial charge in [-0.1, -0.05) is 29.8 Å². The fourth-order valence-electron chi connectivity index (χ4n) is 2.35. The number of fused-ring (bicyclic) bond motifs is 1. The van der Waals surface area contributed by atoms with Crippen LogP contribution in [0.3, 0.4) is 0 Å². The van der Waals surface area contributed by atoms with Gasteiger partial charge < -0.3 is 5.32 Å². The predicted molar refractivity (Wildman–Crippen MR) is 84.3 cm³/mol. The lowest BCUT2D eigenvalue weighted by Crippen LogP contribution is -2.14. The summed E-state index contributed by atoms with van der Waals surface area (Å²) in [5.74, 6) is 0. The van der Waals surface area contributed by atoms with Crippen molar-refractivity contribution in [3.05, 3.63) is 57.9 Å². The second-order valence-corrected chi connectivity index (χ2v) is 6.44. The van der Waals surface area contributed by atoms with Crippen molar-refractivity contribution in [1.29, 1.82) is 0 Å². The summed E-state index contributed by atoms with van der Waals surface area (Å²) in [5.41, 5.74) is 5.00. The zero-order valence-electron chi connectivity index (χ0n) is 12.1. The average molecular weight is 285 g/mol. The van der Waals surface area contributed by atoms with Crippen molar-refractivity contribution in [2.75, 3.05) is 0 Å². The van der Waals surface area contributed by atoms with Crippen LogP contribution in [0.1, 0.15) is 27.4 Å². The van der Waals surface area contributed by atoms with Crippen molar-refractivity contribution < 1.29 is 0 Å². The summed E-state index contributed by atoms with van der Waals surface area (Å²) in [6, 6.07) is 8.66. The summed E-state index contributed by atoms with van der Waals surface area (Å²) >= 11 is 1.74. The molecule has 0 saturated carbocycles. The third kappa shape index (κ3) is 2.62. The van der Waals surface area contributed by atoms with Crippen LogP contribution in [-0.2, 0) is 13.1 Å². The van der Waals surface area contributed by atoms with Gasteiger partial charge in [0.2, 0.25) is 0 Å². The Balaban J connectivity index is 1.70. The number of rotatable bonds is 4. The van der Waals surface area contributed by atoms with E-state index in [0.717, 1.165) is 23.7 Å². The highest BCUT2D eigenvalue weighted by Gasteiger charge is 2.10. The maximum Gasteiger partial charge on any atom is 0.194 e. The molecular formula is C16H19N3S. The van der Waals surface area contributed by atoms with E-state index >= 15 is 0 Å². The Morgan fingerprint density at radius 1 is 1.10 bits per heavy atom. The Hall–Kier alpha value is -1.65. The van der Waals surface area contributed by atoms with Gasteiger partial charge in [-0.2, -0.15) is 0 Å². The van der Waals surface area contributed by atoms with Gasteiger partial charge >= 0.3 is 0 Å². The molecular weight excluding hydrogens is 266 g/mol. The molecule has 3 rings (SSSR count). The third-order valence-electron chi connectivity index (χ3n) is 3.48. The lowest BCUT2D eigenvalue weighted by atomic mass is 10.1. The number of hydrogen-bond donors (Lipinski definition) is 1. The lowest BCUT2D eigenvalue weighted by molar-refractivity contribution is 0.672. The van der Waals surface area contributed by atoms with E-state index in [1.165, 1.54) is 21.7 Å². The SMILES string of the molecule is Cc1ccc(CNCc2c(C)nc3sc(C)cn23)cc1. The molecule has 0 spiro atoms. The molecule has 3 aromatic rings. The standard InChI is InChI=1S/C16H19N3S/c1-11-4-6-14(7-5-11)8-17-9-15-13(3)18-16-19(15)10-12(2)20-16/h4-7,10,17H,8-9H2,1-3H3. The Labute approximate surface area is 123 Å². The normalized spacial score (nSPS) is 11.3. The molecule has 2 aromatic heterocycles. The van der Waals surface area contributed by atoms with Crippen LogP contribution in [0.4, 0.5) is 0 Å². The van der Waals surface area contributed by atoms with Crippen molar-refractivity contribution in [3.8, 4) is 0 Å². The average Bonchev–Trinajstić information content (AvgIpc) is 2.89. The van der Waals surface area contributed by atoms with E-state index in [1.807, 2.05) is 0 Å². The van der Waals surface area contributed by atoms with Crippen LogP contribution in [0, 0.1) is 20.8 Å². The molecule has 1 aromatic carbocycles. The quantitative estimate of drug-likeness (QED) is 0.793. The van der Waals surface area contributed by atoms with Crippen molar-refractivity contribution in [3.63, 3.8) is 0 Å². The van der Waals surface area contributed by atoms with Crippen molar-refractivity contribution in [2.24, 2.45) is 0 Å². The first-order valence-corrected chi connectivity index (χ1v) is 7.65. The molecule has 2 heterocycles. The van der Waals surface area contributed by atoms with Crippen molar-refractivity contribution >= 4 is 16.3 Å². The van der Waals surface area contributed by atoms with E-state index in [9.17, 15) is 0 Å². The zero-order chi connectivity index (χ0) is 14.1. The molecule has 0 aliphatic carbocycles. The van der Waals surface area contributed by atoms with E-state index in [1.54, 1.807) is 11.3 Å². The van der Waals surface area contributed by atoms with Gasteiger partial charge in [-0.05, 0) is 26.3 Å². The van der Waals surface area contributed by atoms with Crippen LogP contribution in [0.2, 0.25) is 0 Å². The minimum atomic E-state index is 0.844. The van der Waals surface area contributed by atoms with E-state index < -0.39 is 0 Å². The number of aryl methyl sites for hydroxylation is 3. The first-order valence-electron chi connectivity index (χ1n) is 6.84. The highest BCUT2D eigenvalue weighted by Crippen LogP contribution is 2.20. The second-order valence-electron chi connectivity index (χ2n) is 5.23. The van der Waals surface area contributed by atoms with Gasteiger partial charge in [-0.3, -0.25) is 4.40 Å². The zero-order valence-corrected chi connectivity index (χ0v) is 12.9. The molecule has 3 nitrogen and oxygen atoms in total. The van der Waals surface area contributed by atoms with Gasteiger partial charge in [-0.25, -0.2) is 4.98 Å². The molecule has 0 bridgehead atoms. The van der Waals surface area contributed by atoms with Crippen molar-refractivity contribution in [1.82, 2.24) is 14.7 Å². The maximum absolute atomic E-state index is 4.61. The largest absolute Gasteiger partial charge is 0.307 e. The molecule has 20 heavy (non-hydrogen) atoms. The number of nitrogens with one attached hydrogen (secondary N) is 1. The molecule has 104 valence electrons. The van der Waals surface area contributed by atoms with Crippen molar-refractivity contribution in [2.45, 2.75) is 33.9 Å². The van der Waals surface area contributed by atoms with Crippen LogP contribution in [0.5, 0.6) is 0 Å². The Morgan fingerprint density at radius 3 is 2.60 bits per heavy atom. The van der Waals surface area contributed by atoms with E-state index in [2.05, 4.69) is 65.9 Å². The van der Waals surface area contributed by atoms with Gasteiger partial charge in [0.15, 0.2) is 4.96 Å². The fourth-order valence-corrected chi connectivity index (χ4v) is 3.24. The number of aromatic nitrogens is 2. The smallest absolute Gasteiger partial charge is 0.194 e. The van der Waals surface area contributed by atoms with Crippen LogP contribution < -0.4 is 5.32 Å². The maximum atomic E-state index is 4.61. The predicted octanol–water partition coefficient (Wildman–Crippen LogP) is 3.61. The van der Waals surface area contributed by atoms with E-state index in [0.29, 0.717) is 0 Å². The van der Waals surface area contributed by atoms with Gasteiger partial charge in [0.05, 0.1) is 11.4 Å². The minimum Gasteiger partial charge on any atom is -0.307 e. The minimum absolute atomic E-state index is 0.844. The molecule has 1 N–H and O–H groups in total. The summed E-state index contributed by atoms with van der Waals surface area (Å²) in [6.07, 6.45) is 2.17. The summed E-state index contributed by atoms with van der Waals surface area (Å²) < 4.78 is 2.21. The van der Waals surface area contributed by atoms with Gasteiger partial charge in [-0.15, -0.1) is 11.3 Å². The molecule has 0 saturated heterocycles. The van der Waals surface area contributed by atoms with Crippen LogP contribution in [-0.4, -0.2) is 9.38 Å². The highest BCUT2D eigenvalue weighted by atomic mass is 32.1. The Kier molecular flexibility index (Phi) is 3.59. The fraction of sp³-hybridized carbons (Fsp3) is 0.312. The topological polar surface area (TPSA) is 29.3 Å². The summed E-state index contributed by atoms with van der Waals surface area (Å²) in [5, 5.41) is 3.51. The summed E-state index contributed by atoms with van der Waals surface area (Å²) in [4.78, 5) is 7.00. The number of nitrogens with zero attached hydrogens (tertiary/aromatic N) is 2. The summed E-state index contributed by atoms with van der Waals surface area (Å²) in [7, 11) is 0. The van der Waals surface area contributed by atoms with Crippen LogP contribution >= 0.6 is 11.3 Å². The molecule has 0 aliphatic heterocycles. The van der Waals surface area contributed by atoms with E-state index in [4.69, 9.17) is 0 Å². The van der Waals surface area contributed by atoms with E-state index in [-0.39, 0.29) is 0 Å². The van der Waals surface area contributed by atoms with Crippen LogP contribution in [0.25, 0.3) is 4.96 Å². The monoisotopic (exact) mass is 285 g/mol. The number of imidazole rings is 1. The number of thiazole rings is 1. The molecule has 0 radical (unpaired) electrons. The third-order valence-corrected chi connectivity index (χ3v) is 4.38. The summed E-state index contributed by atoms with van der Waals surface area (Å²) in [6.45, 7) is 8.05. The second kappa shape index (κ2) is 5.38. The molecule has 0 amide bonds. The Bertz CT molecular complexity index is 722. The van der Waals surface area contributed by atoms with Gasteiger partial charge in [0.1, 0.15) is 0 Å². The van der Waals surface area contributed by atoms with Gasteiger partial charge in [0.25, 0.3) is 0 Å². The lowest BCUT2D eigenvalue weighted by Gasteiger charge is -2.06.